The van der Waals surface area contributed by atoms with Crippen molar-refractivity contribution in [2.24, 2.45) is 5.73 Å². The molecule has 20 heavy (non-hydrogen) atoms. The summed E-state index contributed by atoms with van der Waals surface area (Å²) in [5.74, 6) is -1.96. The van der Waals surface area contributed by atoms with E-state index in [0.29, 0.717) is 13.0 Å². The average molecular weight is 306 g/mol. The fourth-order valence-electron chi connectivity index (χ4n) is 2.07. The molecule has 1 fully saturated rings. The molecule has 0 atom stereocenters. The molecule has 0 aliphatic carbocycles. The second kappa shape index (κ2) is 6.13. The van der Waals surface area contributed by atoms with E-state index in [1.54, 1.807) is 0 Å². The van der Waals surface area contributed by atoms with Crippen LogP contribution in [0.25, 0.3) is 0 Å². The Kier molecular flexibility index (Phi) is 4.69. The summed E-state index contributed by atoms with van der Waals surface area (Å²) in [6.07, 6.45) is 0.534. The predicted octanol–water partition coefficient (Wildman–Crippen LogP) is 0.834. The van der Waals surface area contributed by atoms with E-state index in [1.165, 1.54) is 0 Å². The Balaban J connectivity index is 2.43. The van der Waals surface area contributed by atoms with Crippen LogP contribution in [0.2, 0.25) is 0 Å². The van der Waals surface area contributed by atoms with Gasteiger partial charge in [0.2, 0.25) is 10.0 Å². The third-order valence-electron chi connectivity index (χ3n) is 3.15. The molecule has 112 valence electrons. The molecule has 5 nitrogen and oxygen atoms in total. The van der Waals surface area contributed by atoms with Crippen LogP contribution in [0.15, 0.2) is 17.0 Å². The Morgan fingerprint density at radius 3 is 2.70 bits per heavy atom. The molecule has 0 saturated carbocycles. The van der Waals surface area contributed by atoms with E-state index in [4.69, 9.17) is 10.5 Å². The van der Waals surface area contributed by atoms with E-state index < -0.39 is 38.7 Å². The predicted molar refractivity (Wildman–Crippen MR) is 68.4 cm³/mol. The third kappa shape index (κ3) is 2.83. The molecule has 1 aliphatic rings. The van der Waals surface area contributed by atoms with Crippen molar-refractivity contribution >= 4 is 10.0 Å². The van der Waals surface area contributed by atoms with Crippen molar-refractivity contribution in [1.82, 2.24) is 4.31 Å². The fraction of sp³-hybridized carbons (Fsp3) is 0.500. The number of halogens is 2. The number of sulfonamides is 1. The van der Waals surface area contributed by atoms with E-state index in [1.807, 2.05) is 0 Å². The molecule has 1 saturated heterocycles. The summed E-state index contributed by atoms with van der Waals surface area (Å²) in [6.45, 7) is 0.718. The van der Waals surface area contributed by atoms with Crippen LogP contribution in [0.3, 0.4) is 0 Å². The highest BCUT2D eigenvalue weighted by molar-refractivity contribution is 7.89. The Morgan fingerprint density at radius 1 is 1.25 bits per heavy atom. The Labute approximate surface area is 116 Å². The number of hydrogen-bond donors (Lipinski definition) is 1. The van der Waals surface area contributed by atoms with E-state index >= 15 is 0 Å². The molecule has 2 N–H and O–H groups in total. The second-order valence-electron chi connectivity index (χ2n) is 4.41. The number of rotatable bonds is 3. The number of ether oxygens (including phenoxy) is 1. The summed E-state index contributed by atoms with van der Waals surface area (Å²) in [6, 6.07) is 1.86. The lowest BCUT2D eigenvalue weighted by Crippen LogP contribution is -2.34. The molecule has 0 unspecified atom stereocenters. The maximum atomic E-state index is 14.1. The van der Waals surface area contributed by atoms with Crippen molar-refractivity contribution in [1.29, 1.82) is 0 Å². The van der Waals surface area contributed by atoms with Gasteiger partial charge in [-0.1, -0.05) is 0 Å². The SMILES string of the molecule is NCc1c(F)ccc(S(=O)(=O)N2CCCOCC2)c1F. The number of nitrogens with two attached hydrogens (primary N) is 1. The molecule has 0 aromatic heterocycles. The fourth-order valence-corrected chi connectivity index (χ4v) is 3.62. The normalized spacial score (nSPS) is 17.9. The Hall–Kier alpha value is -1.09. The van der Waals surface area contributed by atoms with Crippen molar-refractivity contribution in [3.8, 4) is 0 Å². The molecule has 0 bridgehead atoms. The smallest absolute Gasteiger partial charge is 0.246 e. The minimum Gasteiger partial charge on any atom is -0.380 e. The standard InChI is InChI=1S/C12H16F2N2O3S/c13-10-2-3-11(12(14)9(10)8-15)20(17,18)16-4-1-6-19-7-5-16/h2-3H,1,4-8,15H2. The lowest BCUT2D eigenvalue weighted by Gasteiger charge is -2.20. The zero-order valence-corrected chi connectivity index (χ0v) is 11.6. The van der Waals surface area contributed by atoms with E-state index in [9.17, 15) is 17.2 Å². The first-order valence-corrected chi connectivity index (χ1v) is 7.67. The summed E-state index contributed by atoms with van der Waals surface area (Å²) >= 11 is 0. The van der Waals surface area contributed by atoms with Crippen LogP contribution in [0.1, 0.15) is 12.0 Å². The molecular formula is C12H16F2N2O3S. The summed E-state index contributed by atoms with van der Waals surface area (Å²) < 4.78 is 58.6. The third-order valence-corrected chi connectivity index (χ3v) is 5.07. The zero-order chi connectivity index (χ0) is 14.8. The van der Waals surface area contributed by atoms with Crippen LogP contribution in [0, 0.1) is 11.6 Å². The highest BCUT2D eigenvalue weighted by Crippen LogP contribution is 2.24. The van der Waals surface area contributed by atoms with Crippen LogP contribution in [0.4, 0.5) is 8.78 Å². The van der Waals surface area contributed by atoms with E-state index in [-0.39, 0.29) is 19.7 Å². The van der Waals surface area contributed by atoms with Crippen LogP contribution in [-0.2, 0) is 21.3 Å². The van der Waals surface area contributed by atoms with Crippen molar-refractivity contribution in [3.63, 3.8) is 0 Å². The van der Waals surface area contributed by atoms with Gasteiger partial charge < -0.3 is 10.5 Å². The molecule has 8 heteroatoms. The molecule has 0 radical (unpaired) electrons. The first-order chi connectivity index (χ1) is 9.48. The van der Waals surface area contributed by atoms with Gasteiger partial charge in [0.15, 0.2) is 5.82 Å². The van der Waals surface area contributed by atoms with Crippen LogP contribution in [-0.4, -0.2) is 39.0 Å². The average Bonchev–Trinajstić information content (AvgIpc) is 2.68. The summed E-state index contributed by atoms with van der Waals surface area (Å²) in [5, 5.41) is 0. The largest absolute Gasteiger partial charge is 0.380 e. The van der Waals surface area contributed by atoms with Gasteiger partial charge in [-0.2, -0.15) is 4.31 Å². The van der Waals surface area contributed by atoms with Crippen molar-refractivity contribution in [3.05, 3.63) is 29.3 Å². The molecule has 2 rings (SSSR count). The molecule has 0 amide bonds. The van der Waals surface area contributed by atoms with E-state index in [2.05, 4.69) is 0 Å². The van der Waals surface area contributed by atoms with Gasteiger partial charge in [-0.05, 0) is 18.6 Å². The van der Waals surface area contributed by atoms with E-state index in [0.717, 1.165) is 16.4 Å². The Bertz CT molecular complexity index is 585. The van der Waals surface area contributed by atoms with Gasteiger partial charge in [0.1, 0.15) is 10.7 Å². The maximum absolute atomic E-state index is 14.1. The summed E-state index contributed by atoms with van der Waals surface area (Å²) in [5.41, 5.74) is 4.84. The van der Waals surface area contributed by atoms with Gasteiger partial charge in [-0.25, -0.2) is 17.2 Å². The second-order valence-corrected chi connectivity index (χ2v) is 6.32. The number of nitrogens with zero attached hydrogens (tertiary/aromatic N) is 1. The minimum absolute atomic E-state index is 0.150. The van der Waals surface area contributed by atoms with Crippen LogP contribution >= 0.6 is 0 Å². The maximum Gasteiger partial charge on any atom is 0.246 e. The molecule has 1 aromatic carbocycles. The lowest BCUT2D eigenvalue weighted by atomic mass is 10.2. The zero-order valence-electron chi connectivity index (χ0n) is 10.8. The monoisotopic (exact) mass is 306 g/mol. The highest BCUT2D eigenvalue weighted by Gasteiger charge is 2.29. The topological polar surface area (TPSA) is 72.6 Å². The van der Waals surface area contributed by atoms with Gasteiger partial charge in [-0.15, -0.1) is 0 Å². The quantitative estimate of drug-likeness (QED) is 0.898. The number of benzene rings is 1. The summed E-state index contributed by atoms with van der Waals surface area (Å²) in [7, 11) is -4.01. The van der Waals surface area contributed by atoms with Gasteiger partial charge in [0, 0.05) is 31.8 Å². The first-order valence-electron chi connectivity index (χ1n) is 6.23. The lowest BCUT2D eigenvalue weighted by molar-refractivity contribution is 0.148. The Morgan fingerprint density at radius 2 is 2.00 bits per heavy atom. The van der Waals surface area contributed by atoms with Crippen LogP contribution in [0.5, 0.6) is 0 Å². The molecule has 1 heterocycles. The summed E-state index contributed by atoms with van der Waals surface area (Å²) in [4.78, 5) is -0.541. The van der Waals surface area contributed by atoms with Gasteiger partial charge >= 0.3 is 0 Å². The van der Waals surface area contributed by atoms with Gasteiger partial charge in [0.25, 0.3) is 0 Å². The van der Waals surface area contributed by atoms with Crippen LogP contribution < -0.4 is 5.73 Å². The van der Waals surface area contributed by atoms with Gasteiger partial charge in [-0.3, -0.25) is 0 Å². The first kappa shape index (κ1) is 15.3. The molecule has 1 aromatic rings. The molecule has 0 spiro atoms. The molecule has 1 aliphatic heterocycles. The van der Waals surface area contributed by atoms with Crippen molar-refractivity contribution in [2.45, 2.75) is 17.9 Å². The highest BCUT2D eigenvalue weighted by atomic mass is 32.2. The number of hydrogen-bond acceptors (Lipinski definition) is 4. The minimum atomic E-state index is -4.01. The van der Waals surface area contributed by atoms with Crippen molar-refractivity contribution in [2.75, 3.05) is 26.3 Å². The van der Waals surface area contributed by atoms with Crippen molar-refractivity contribution < 1.29 is 21.9 Å². The molecular weight excluding hydrogens is 290 g/mol. The van der Waals surface area contributed by atoms with Gasteiger partial charge in [0.05, 0.1) is 6.61 Å².